The van der Waals surface area contributed by atoms with Crippen LogP contribution in [0.15, 0.2) is 29.2 Å². The number of nitrogens with one attached hydrogen (secondary N) is 1. The van der Waals surface area contributed by atoms with Gasteiger partial charge in [0.15, 0.2) is 0 Å². The highest BCUT2D eigenvalue weighted by atomic mass is 32.2. The fourth-order valence-corrected chi connectivity index (χ4v) is 3.43. The van der Waals surface area contributed by atoms with E-state index in [1.165, 1.54) is 25.2 Å². The van der Waals surface area contributed by atoms with E-state index < -0.39 is 21.8 Å². The van der Waals surface area contributed by atoms with Gasteiger partial charge in [-0.25, -0.2) is 23.1 Å². The maximum absolute atomic E-state index is 12.5. The van der Waals surface area contributed by atoms with Crippen LogP contribution in [-0.4, -0.2) is 42.1 Å². The van der Waals surface area contributed by atoms with Crippen LogP contribution >= 0.6 is 0 Å². The third-order valence-corrected chi connectivity index (χ3v) is 4.91. The Morgan fingerprint density at radius 2 is 1.54 bits per heavy atom. The Labute approximate surface area is 138 Å². The fraction of sp³-hybridized carbons (Fsp3) is 0.200. The van der Waals surface area contributed by atoms with Gasteiger partial charge >= 0.3 is 0 Å². The molecule has 1 aromatic heterocycles. The van der Waals surface area contributed by atoms with E-state index in [0.717, 1.165) is 4.90 Å². The van der Waals surface area contributed by atoms with Gasteiger partial charge in [0, 0.05) is 18.4 Å². The van der Waals surface area contributed by atoms with Gasteiger partial charge in [0.2, 0.25) is 5.95 Å². The van der Waals surface area contributed by atoms with Gasteiger partial charge < -0.3 is 0 Å². The average molecular weight is 346 g/mol. The Balaban J connectivity index is 2.00. The van der Waals surface area contributed by atoms with Gasteiger partial charge in [-0.1, -0.05) is 0 Å². The fourth-order valence-electron chi connectivity index (χ4n) is 2.46. The van der Waals surface area contributed by atoms with Crippen molar-refractivity contribution >= 4 is 27.8 Å². The van der Waals surface area contributed by atoms with Crippen molar-refractivity contribution in [2.75, 3.05) is 11.8 Å². The second-order valence-corrected chi connectivity index (χ2v) is 7.14. The standard InChI is InChI=1S/C15H14N4O4S/c1-8-6-9(2)17-15(16-8)18-24(22,23)10-4-5-11-12(7-10)14(21)19(3)13(11)20/h4-7H,1-3H3,(H,16,17,18). The summed E-state index contributed by atoms with van der Waals surface area (Å²) in [4.78, 5) is 32.7. The molecule has 1 aliphatic rings. The molecule has 1 aromatic carbocycles. The summed E-state index contributed by atoms with van der Waals surface area (Å²) in [7, 11) is -2.64. The lowest BCUT2D eigenvalue weighted by Gasteiger charge is -2.08. The van der Waals surface area contributed by atoms with Crippen LogP contribution in [0.2, 0.25) is 0 Å². The molecule has 2 aromatic rings. The minimum atomic E-state index is -3.98. The summed E-state index contributed by atoms with van der Waals surface area (Å²) < 4.78 is 27.3. The molecule has 0 radical (unpaired) electrons. The zero-order valence-electron chi connectivity index (χ0n) is 13.2. The predicted octanol–water partition coefficient (Wildman–Crippen LogP) is 1.12. The zero-order valence-corrected chi connectivity index (χ0v) is 14.0. The molecule has 0 saturated carbocycles. The van der Waals surface area contributed by atoms with Crippen molar-refractivity contribution < 1.29 is 18.0 Å². The average Bonchev–Trinajstić information content (AvgIpc) is 2.70. The van der Waals surface area contributed by atoms with Gasteiger partial charge in [0.05, 0.1) is 16.0 Å². The molecule has 0 spiro atoms. The van der Waals surface area contributed by atoms with Crippen molar-refractivity contribution in [2.45, 2.75) is 18.7 Å². The van der Waals surface area contributed by atoms with Gasteiger partial charge in [-0.2, -0.15) is 0 Å². The van der Waals surface area contributed by atoms with Crippen LogP contribution in [0, 0.1) is 13.8 Å². The topological polar surface area (TPSA) is 109 Å². The summed E-state index contributed by atoms with van der Waals surface area (Å²) in [6.07, 6.45) is 0. The Morgan fingerprint density at radius 3 is 2.17 bits per heavy atom. The molecule has 2 heterocycles. The number of fused-ring (bicyclic) bond motifs is 1. The zero-order chi connectivity index (χ0) is 17.6. The number of rotatable bonds is 3. The van der Waals surface area contributed by atoms with Crippen LogP contribution in [0.25, 0.3) is 0 Å². The van der Waals surface area contributed by atoms with Gasteiger partial charge in [0.25, 0.3) is 21.8 Å². The molecule has 9 heteroatoms. The van der Waals surface area contributed by atoms with E-state index in [1.54, 1.807) is 19.9 Å². The number of benzene rings is 1. The molecule has 1 aliphatic heterocycles. The minimum absolute atomic E-state index is 0.0486. The van der Waals surface area contributed by atoms with Crippen LogP contribution in [0.5, 0.6) is 0 Å². The second kappa shape index (κ2) is 5.38. The van der Waals surface area contributed by atoms with Crippen LogP contribution in [0.1, 0.15) is 32.1 Å². The van der Waals surface area contributed by atoms with Gasteiger partial charge in [-0.3, -0.25) is 14.5 Å². The molecule has 1 N–H and O–H groups in total. The maximum atomic E-state index is 12.5. The van der Waals surface area contributed by atoms with Crippen LogP contribution < -0.4 is 4.72 Å². The third-order valence-electron chi connectivity index (χ3n) is 3.58. The van der Waals surface area contributed by atoms with E-state index in [9.17, 15) is 18.0 Å². The molecule has 8 nitrogen and oxygen atoms in total. The number of hydrogen-bond donors (Lipinski definition) is 1. The summed E-state index contributed by atoms with van der Waals surface area (Å²) in [5.41, 5.74) is 1.49. The summed E-state index contributed by atoms with van der Waals surface area (Å²) in [6.45, 7) is 3.45. The highest BCUT2D eigenvalue weighted by Crippen LogP contribution is 2.25. The minimum Gasteiger partial charge on any atom is -0.277 e. The lowest BCUT2D eigenvalue weighted by atomic mass is 10.1. The Bertz CT molecular complexity index is 965. The molecule has 0 saturated heterocycles. The number of nitrogens with zero attached hydrogens (tertiary/aromatic N) is 3. The van der Waals surface area contributed by atoms with Crippen molar-refractivity contribution in [3.63, 3.8) is 0 Å². The van der Waals surface area contributed by atoms with Gasteiger partial charge in [-0.15, -0.1) is 0 Å². The monoisotopic (exact) mass is 346 g/mol. The summed E-state index contributed by atoms with van der Waals surface area (Å²) in [6, 6.07) is 5.50. The number of carbonyl (C=O) groups excluding carboxylic acids is 2. The summed E-state index contributed by atoms with van der Waals surface area (Å²) in [5, 5.41) is 0. The van der Waals surface area contributed by atoms with Crippen LogP contribution in [0.3, 0.4) is 0 Å². The lowest BCUT2D eigenvalue weighted by Crippen LogP contribution is -2.24. The Kier molecular flexibility index (Phi) is 3.60. The van der Waals surface area contributed by atoms with Crippen molar-refractivity contribution in [1.82, 2.24) is 14.9 Å². The molecule has 24 heavy (non-hydrogen) atoms. The van der Waals surface area contributed by atoms with Crippen molar-refractivity contribution in [2.24, 2.45) is 0 Å². The lowest BCUT2D eigenvalue weighted by molar-refractivity contribution is 0.0693. The molecule has 0 fully saturated rings. The summed E-state index contributed by atoms with van der Waals surface area (Å²) >= 11 is 0. The first-order valence-electron chi connectivity index (χ1n) is 7.00. The Morgan fingerprint density at radius 1 is 0.958 bits per heavy atom. The highest BCUT2D eigenvalue weighted by Gasteiger charge is 2.34. The first kappa shape index (κ1) is 16.1. The number of amides is 2. The number of carbonyl (C=O) groups is 2. The molecule has 2 amide bonds. The number of aryl methyl sites for hydroxylation is 2. The quantitative estimate of drug-likeness (QED) is 0.834. The number of hydrogen-bond acceptors (Lipinski definition) is 6. The third kappa shape index (κ3) is 2.62. The molecule has 0 atom stereocenters. The smallest absolute Gasteiger partial charge is 0.264 e. The van der Waals surface area contributed by atoms with E-state index in [1.807, 2.05) is 0 Å². The predicted molar refractivity (Wildman–Crippen MR) is 85.2 cm³/mol. The molecule has 0 aliphatic carbocycles. The van der Waals surface area contributed by atoms with E-state index in [4.69, 9.17) is 0 Å². The van der Waals surface area contributed by atoms with Gasteiger partial charge in [-0.05, 0) is 38.1 Å². The van der Waals surface area contributed by atoms with E-state index in [2.05, 4.69) is 14.7 Å². The highest BCUT2D eigenvalue weighted by molar-refractivity contribution is 7.92. The van der Waals surface area contributed by atoms with Crippen LogP contribution in [-0.2, 0) is 10.0 Å². The number of sulfonamides is 1. The summed E-state index contributed by atoms with van der Waals surface area (Å²) in [5.74, 6) is -1.04. The molecular formula is C15H14N4O4S. The molecular weight excluding hydrogens is 332 g/mol. The number of anilines is 1. The normalized spacial score (nSPS) is 14.0. The van der Waals surface area contributed by atoms with Crippen molar-refractivity contribution in [3.8, 4) is 0 Å². The van der Waals surface area contributed by atoms with Crippen molar-refractivity contribution in [3.05, 3.63) is 46.8 Å². The number of imide groups is 1. The van der Waals surface area contributed by atoms with E-state index in [-0.39, 0.29) is 22.0 Å². The molecule has 0 bridgehead atoms. The van der Waals surface area contributed by atoms with Crippen LogP contribution in [0.4, 0.5) is 5.95 Å². The SMILES string of the molecule is Cc1cc(C)nc(NS(=O)(=O)c2ccc3c(c2)C(=O)N(C)C3=O)n1. The number of aromatic nitrogens is 2. The first-order chi connectivity index (χ1) is 11.2. The largest absolute Gasteiger partial charge is 0.277 e. The molecule has 124 valence electrons. The van der Waals surface area contributed by atoms with Crippen molar-refractivity contribution in [1.29, 1.82) is 0 Å². The Hall–Kier alpha value is -2.81. The van der Waals surface area contributed by atoms with Gasteiger partial charge in [0.1, 0.15) is 0 Å². The van der Waals surface area contributed by atoms with E-state index in [0.29, 0.717) is 11.4 Å². The van der Waals surface area contributed by atoms with E-state index >= 15 is 0 Å². The maximum Gasteiger partial charge on any atom is 0.264 e. The second-order valence-electron chi connectivity index (χ2n) is 5.46. The molecule has 3 rings (SSSR count). The first-order valence-corrected chi connectivity index (χ1v) is 8.49. The molecule has 0 unspecified atom stereocenters.